The number of amides is 2. The van der Waals surface area contributed by atoms with Gasteiger partial charge in [0.15, 0.2) is 0 Å². The van der Waals surface area contributed by atoms with Gasteiger partial charge >= 0.3 is 0 Å². The molecular weight excluding hydrogens is 244 g/mol. The monoisotopic (exact) mass is 270 g/mol. The van der Waals surface area contributed by atoms with Crippen LogP contribution in [0.5, 0.6) is 0 Å². The topological polar surface area (TPSA) is 69.6 Å². The second kappa shape index (κ2) is 8.91. The molecule has 0 aromatic carbocycles. The summed E-state index contributed by atoms with van der Waals surface area (Å²) in [5.74, 6) is 0.293. The number of nitrogens with one attached hydrogen (secondary N) is 1. The van der Waals surface area contributed by atoms with Crippen molar-refractivity contribution in [3.05, 3.63) is 0 Å². The molecule has 1 fully saturated rings. The van der Waals surface area contributed by atoms with E-state index < -0.39 is 0 Å². The standard InChI is InChI=1S/C14H26N2O3/c1-12(18)16-9-6-13(7-10-16)14(19)15-8-4-2-3-5-11-17/h13,17H,2-11H2,1H3,(H,15,19). The summed E-state index contributed by atoms with van der Waals surface area (Å²) in [4.78, 5) is 24.9. The molecule has 0 radical (unpaired) electrons. The Labute approximate surface area is 115 Å². The van der Waals surface area contributed by atoms with Gasteiger partial charge in [-0.15, -0.1) is 0 Å². The minimum absolute atomic E-state index is 0.0630. The summed E-state index contributed by atoms with van der Waals surface area (Å²) in [6.45, 7) is 3.94. The third-order valence-electron chi connectivity index (χ3n) is 3.70. The zero-order chi connectivity index (χ0) is 14.1. The van der Waals surface area contributed by atoms with Gasteiger partial charge in [0, 0.05) is 39.1 Å². The number of carbonyl (C=O) groups is 2. The van der Waals surface area contributed by atoms with Crippen molar-refractivity contribution >= 4 is 11.8 Å². The lowest BCUT2D eigenvalue weighted by atomic mass is 9.96. The molecule has 1 heterocycles. The van der Waals surface area contributed by atoms with Crippen molar-refractivity contribution in [3.63, 3.8) is 0 Å². The van der Waals surface area contributed by atoms with Crippen molar-refractivity contribution in [3.8, 4) is 0 Å². The number of carbonyl (C=O) groups excluding carboxylic acids is 2. The smallest absolute Gasteiger partial charge is 0.223 e. The van der Waals surface area contributed by atoms with Gasteiger partial charge in [-0.1, -0.05) is 12.8 Å². The SMILES string of the molecule is CC(=O)N1CCC(C(=O)NCCCCCCO)CC1. The number of unbranched alkanes of at least 4 members (excludes halogenated alkanes) is 3. The van der Waals surface area contributed by atoms with Crippen LogP contribution in [0.4, 0.5) is 0 Å². The zero-order valence-corrected chi connectivity index (χ0v) is 11.9. The second-order valence-electron chi connectivity index (χ2n) is 5.21. The van der Waals surface area contributed by atoms with Crippen molar-refractivity contribution < 1.29 is 14.7 Å². The molecule has 2 N–H and O–H groups in total. The van der Waals surface area contributed by atoms with Crippen molar-refractivity contribution in [2.45, 2.75) is 45.4 Å². The van der Waals surface area contributed by atoms with Crippen molar-refractivity contribution in [1.82, 2.24) is 10.2 Å². The molecule has 0 aliphatic carbocycles. The van der Waals surface area contributed by atoms with Gasteiger partial charge in [-0.3, -0.25) is 9.59 Å². The normalized spacial score (nSPS) is 16.4. The van der Waals surface area contributed by atoms with E-state index >= 15 is 0 Å². The van der Waals surface area contributed by atoms with Crippen LogP contribution in [0.25, 0.3) is 0 Å². The Balaban J connectivity index is 2.09. The number of rotatable bonds is 7. The summed E-state index contributed by atoms with van der Waals surface area (Å²) < 4.78 is 0. The average molecular weight is 270 g/mol. The van der Waals surface area contributed by atoms with E-state index in [0.717, 1.165) is 45.1 Å². The minimum atomic E-state index is 0.0630. The Hall–Kier alpha value is -1.10. The first-order chi connectivity index (χ1) is 9.15. The lowest BCUT2D eigenvalue weighted by molar-refractivity contribution is -0.133. The molecule has 2 amide bonds. The Morgan fingerprint density at radius 1 is 1.16 bits per heavy atom. The molecule has 1 rings (SSSR count). The van der Waals surface area contributed by atoms with E-state index in [1.165, 1.54) is 0 Å². The van der Waals surface area contributed by atoms with E-state index in [1.54, 1.807) is 11.8 Å². The third kappa shape index (κ3) is 6.05. The molecule has 0 aromatic rings. The molecular formula is C14H26N2O3. The molecule has 1 aliphatic rings. The highest BCUT2D eigenvalue weighted by Gasteiger charge is 2.25. The number of piperidine rings is 1. The first-order valence-corrected chi connectivity index (χ1v) is 7.29. The Bertz CT molecular complexity index is 286. The van der Waals surface area contributed by atoms with Gasteiger partial charge in [-0.25, -0.2) is 0 Å². The molecule has 5 nitrogen and oxygen atoms in total. The van der Waals surface area contributed by atoms with E-state index in [0.29, 0.717) is 13.1 Å². The van der Waals surface area contributed by atoms with Crippen molar-refractivity contribution in [2.24, 2.45) is 5.92 Å². The summed E-state index contributed by atoms with van der Waals surface area (Å²) in [6, 6.07) is 0. The van der Waals surface area contributed by atoms with Crippen LogP contribution in [0.3, 0.4) is 0 Å². The maximum absolute atomic E-state index is 11.9. The van der Waals surface area contributed by atoms with Gasteiger partial charge in [-0.2, -0.15) is 0 Å². The number of likely N-dealkylation sites (tertiary alicyclic amines) is 1. The maximum Gasteiger partial charge on any atom is 0.223 e. The van der Waals surface area contributed by atoms with E-state index in [2.05, 4.69) is 5.32 Å². The molecule has 0 atom stereocenters. The number of aliphatic hydroxyl groups excluding tert-OH is 1. The lowest BCUT2D eigenvalue weighted by Crippen LogP contribution is -2.42. The summed E-state index contributed by atoms with van der Waals surface area (Å²) in [7, 11) is 0. The van der Waals surface area contributed by atoms with E-state index in [1.807, 2.05) is 0 Å². The summed E-state index contributed by atoms with van der Waals surface area (Å²) >= 11 is 0. The van der Waals surface area contributed by atoms with Crippen LogP contribution < -0.4 is 5.32 Å². The molecule has 1 saturated heterocycles. The predicted octanol–water partition coefficient (Wildman–Crippen LogP) is 0.914. The number of nitrogens with zero attached hydrogens (tertiary/aromatic N) is 1. The van der Waals surface area contributed by atoms with Crippen LogP contribution in [0.1, 0.15) is 45.4 Å². The fourth-order valence-corrected chi connectivity index (χ4v) is 2.40. The molecule has 0 saturated carbocycles. The molecule has 110 valence electrons. The van der Waals surface area contributed by atoms with Gasteiger partial charge in [0.05, 0.1) is 0 Å². The Morgan fingerprint density at radius 2 is 1.79 bits per heavy atom. The highest BCUT2D eigenvalue weighted by Crippen LogP contribution is 2.17. The molecule has 0 aromatic heterocycles. The van der Waals surface area contributed by atoms with Crippen LogP contribution in [0.2, 0.25) is 0 Å². The van der Waals surface area contributed by atoms with Crippen molar-refractivity contribution in [1.29, 1.82) is 0 Å². The fraction of sp³-hybridized carbons (Fsp3) is 0.857. The quantitative estimate of drug-likeness (QED) is 0.676. The number of hydrogen-bond donors (Lipinski definition) is 2. The molecule has 0 spiro atoms. The average Bonchev–Trinajstić information content (AvgIpc) is 2.42. The molecule has 0 unspecified atom stereocenters. The number of aliphatic hydroxyl groups is 1. The third-order valence-corrected chi connectivity index (χ3v) is 3.70. The largest absolute Gasteiger partial charge is 0.396 e. The minimum Gasteiger partial charge on any atom is -0.396 e. The fourth-order valence-electron chi connectivity index (χ4n) is 2.40. The molecule has 1 aliphatic heterocycles. The van der Waals surface area contributed by atoms with Gasteiger partial charge in [0.2, 0.25) is 11.8 Å². The van der Waals surface area contributed by atoms with E-state index in [9.17, 15) is 9.59 Å². The number of hydrogen-bond acceptors (Lipinski definition) is 3. The van der Waals surface area contributed by atoms with Gasteiger partial charge < -0.3 is 15.3 Å². The van der Waals surface area contributed by atoms with Gasteiger partial charge in [0.1, 0.15) is 0 Å². The Kier molecular flexibility index (Phi) is 7.48. The van der Waals surface area contributed by atoms with Crippen molar-refractivity contribution in [2.75, 3.05) is 26.2 Å². The van der Waals surface area contributed by atoms with Crippen LogP contribution in [0.15, 0.2) is 0 Å². The molecule has 0 bridgehead atoms. The van der Waals surface area contributed by atoms with Crippen LogP contribution >= 0.6 is 0 Å². The Morgan fingerprint density at radius 3 is 2.37 bits per heavy atom. The first kappa shape index (κ1) is 16.0. The highest BCUT2D eigenvalue weighted by molar-refractivity contribution is 5.79. The summed E-state index contributed by atoms with van der Waals surface area (Å²) in [6.07, 6.45) is 5.42. The first-order valence-electron chi connectivity index (χ1n) is 7.29. The lowest BCUT2D eigenvalue weighted by Gasteiger charge is -2.30. The highest BCUT2D eigenvalue weighted by atomic mass is 16.3. The predicted molar refractivity (Wildman–Crippen MR) is 73.5 cm³/mol. The summed E-state index contributed by atoms with van der Waals surface area (Å²) in [5.41, 5.74) is 0. The van der Waals surface area contributed by atoms with Crippen LogP contribution in [0, 0.1) is 5.92 Å². The second-order valence-corrected chi connectivity index (χ2v) is 5.21. The molecule has 5 heteroatoms. The van der Waals surface area contributed by atoms with Crippen LogP contribution in [-0.4, -0.2) is 48.1 Å². The zero-order valence-electron chi connectivity index (χ0n) is 11.9. The van der Waals surface area contributed by atoms with Gasteiger partial charge in [-0.05, 0) is 25.7 Å². The van der Waals surface area contributed by atoms with Gasteiger partial charge in [0.25, 0.3) is 0 Å². The summed E-state index contributed by atoms with van der Waals surface area (Å²) in [5, 5.41) is 11.6. The van der Waals surface area contributed by atoms with E-state index in [-0.39, 0.29) is 24.3 Å². The van der Waals surface area contributed by atoms with E-state index in [4.69, 9.17) is 5.11 Å². The maximum atomic E-state index is 11.9. The van der Waals surface area contributed by atoms with Crippen LogP contribution in [-0.2, 0) is 9.59 Å². The molecule has 19 heavy (non-hydrogen) atoms.